The molecule has 1 amide bonds. The predicted molar refractivity (Wildman–Crippen MR) is 83.5 cm³/mol. The van der Waals surface area contributed by atoms with Gasteiger partial charge in [-0.25, -0.2) is 0 Å². The summed E-state index contributed by atoms with van der Waals surface area (Å²) in [6, 6.07) is 5.80. The average molecular weight is 288 g/mol. The predicted octanol–water partition coefficient (Wildman–Crippen LogP) is 2.09. The van der Waals surface area contributed by atoms with Crippen molar-refractivity contribution in [2.24, 2.45) is 0 Å². The van der Waals surface area contributed by atoms with Crippen LogP contribution in [0.15, 0.2) is 18.2 Å². The molecule has 1 unspecified atom stereocenters. The van der Waals surface area contributed by atoms with E-state index >= 15 is 0 Å². The Labute approximate surface area is 126 Å². The maximum absolute atomic E-state index is 12.5. The van der Waals surface area contributed by atoms with E-state index in [9.17, 15) is 9.59 Å². The molecule has 114 valence electrons. The maximum atomic E-state index is 12.5. The highest BCUT2D eigenvalue weighted by Gasteiger charge is 2.26. The number of Topliss-reactive ketones (excluding diaryl/α,β-unsaturated/α-hetero) is 1. The van der Waals surface area contributed by atoms with E-state index < -0.39 is 0 Å². The van der Waals surface area contributed by atoms with Crippen LogP contribution in [0.2, 0.25) is 0 Å². The summed E-state index contributed by atoms with van der Waals surface area (Å²) in [6.45, 7) is 6.14. The van der Waals surface area contributed by atoms with Gasteiger partial charge in [-0.3, -0.25) is 14.5 Å². The van der Waals surface area contributed by atoms with E-state index in [0.29, 0.717) is 11.6 Å². The Bertz CT molecular complexity index is 550. The van der Waals surface area contributed by atoms with Crippen molar-refractivity contribution < 1.29 is 9.59 Å². The minimum Gasteiger partial charge on any atom is -0.352 e. The van der Waals surface area contributed by atoms with E-state index in [1.165, 1.54) is 5.56 Å². The molecule has 0 bridgehead atoms. The van der Waals surface area contributed by atoms with Crippen LogP contribution in [0.1, 0.15) is 41.3 Å². The van der Waals surface area contributed by atoms with Gasteiger partial charge in [-0.05, 0) is 57.9 Å². The number of amides is 1. The van der Waals surface area contributed by atoms with E-state index in [1.54, 1.807) is 4.90 Å². The third-order valence-corrected chi connectivity index (χ3v) is 4.17. The van der Waals surface area contributed by atoms with Crippen molar-refractivity contribution in [1.29, 1.82) is 0 Å². The quantitative estimate of drug-likeness (QED) is 0.815. The molecule has 1 N–H and O–H groups in total. The largest absolute Gasteiger partial charge is 0.352 e. The fourth-order valence-electron chi connectivity index (χ4n) is 2.20. The van der Waals surface area contributed by atoms with Crippen molar-refractivity contribution in [3.05, 3.63) is 34.9 Å². The number of hydrogen-bond donors (Lipinski definition) is 1. The molecule has 4 nitrogen and oxygen atoms in total. The molecule has 0 aliphatic heterocycles. The SMILES string of the molecule is Cc1ccc(C(=O)C(C)N(C)CC(=O)NC2CC2)cc1C. The van der Waals surface area contributed by atoms with E-state index in [0.717, 1.165) is 18.4 Å². The normalized spacial score (nSPS) is 15.9. The molecule has 1 fully saturated rings. The zero-order valence-electron chi connectivity index (χ0n) is 13.3. The Balaban J connectivity index is 1.96. The molecule has 1 aromatic rings. The molecule has 0 saturated heterocycles. The first kappa shape index (κ1) is 15.7. The van der Waals surface area contributed by atoms with E-state index in [4.69, 9.17) is 0 Å². The number of ketones is 1. The number of nitrogens with zero attached hydrogens (tertiary/aromatic N) is 1. The van der Waals surface area contributed by atoms with Crippen LogP contribution < -0.4 is 5.32 Å². The Morgan fingerprint density at radius 1 is 1.29 bits per heavy atom. The van der Waals surface area contributed by atoms with Gasteiger partial charge in [0.05, 0.1) is 12.6 Å². The summed E-state index contributed by atoms with van der Waals surface area (Å²) in [5.74, 6) is 0.0551. The first-order valence-corrected chi connectivity index (χ1v) is 7.49. The lowest BCUT2D eigenvalue weighted by atomic mass is 10.00. The molecule has 1 aliphatic rings. The highest BCUT2D eigenvalue weighted by atomic mass is 16.2. The number of carbonyl (C=O) groups is 2. The minimum absolute atomic E-state index is 0.000244. The second-order valence-electron chi connectivity index (χ2n) is 6.10. The van der Waals surface area contributed by atoms with Crippen LogP contribution >= 0.6 is 0 Å². The average Bonchev–Trinajstić information content (AvgIpc) is 3.23. The van der Waals surface area contributed by atoms with Gasteiger partial charge in [0.15, 0.2) is 5.78 Å². The van der Waals surface area contributed by atoms with Gasteiger partial charge in [0.25, 0.3) is 0 Å². The van der Waals surface area contributed by atoms with Crippen LogP contribution in [0.25, 0.3) is 0 Å². The fraction of sp³-hybridized carbons (Fsp3) is 0.529. The molecule has 1 aromatic carbocycles. The first-order valence-electron chi connectivity index (χ1n) is 7.49. The highest BCUT2D eigenvalue weighted by molar-refractivity contribution is 6.00. The number of rotatable bonds is 6. The topological polar surface area (TPSA) is 49.4 Å². The molecular formula is C17H24N2O2. The number of nitrogens with one attached hydrogen (secondary N) is 1. The summed E-state index contributed by atoms with van der Waals surface area (Å²) in [5, 5.41) is 2.94. The molecule has 0 radical (unpaired) electrons. The van der Waals surface area contributed by atoms with Gasteiger partial charge in [-0.2, -0.15) is 0 Å². The van der Waals surface area contributed by atoms with Gasteiger partial charge < -0.3 is 5.32 Å². The third-order valence-electron chi connectivity index (χ3n) is 4.17. The Hall–Kier alpha value is -1.68. The van der Waals surface area contributed by atoms with Crippen molar-refractivity contribution in [1.82, 2.24) is 10.2 Å². The van der Waals surface area contributed by atoms with Gasteiger partial charge in [0, 0.05) is 11.6 Å². The second kappa shape index (κ2) is 6.39. The molecule has 2 rings (SSSR count). The van der Waals surface area contributed by atoms with Crippen molar-refractivity contribution in [2.45, 2.75) is 45.7 Å². The van der Waals surface area contributed by atoms with Crippen LogP contribution in [0.3, 0.4) is 0 Å². The molecular weight excluding hydrogens is 264 g/mol. The molecule has 0 heterocycles. The third kappa shape index (κ3) is 4.14. The molecule has 1 atom stereocenters. The monoisotopic (exact) mass is 288 g/mol. The van der Waals surface area contributed by atoms with Gasteiger partial charge in [-0.15, -0.1) is 0 Å². The molecule has 21 heavy (non-hydrogen) atoms. The summed E-state index contributed by atoms with van der Waals surface area (Å²) < 4.78 is 0. The highest BCUT2D eigenvalue weighted by Crippen LogP contribution is 2.18. The molecule has 1 saturated carbocycles. The van der Waals surface area contributed by atoms with E-state index in [1.807, 2.05) is 46.0 Å². The molecule has 0 spiro atoms. The summed E-state index contributed by atoms with van der Waals surface area (Å²) in [4.78, 5) is 26.1. The van der Waals surface area contributed by atoms with Gasteiger partial charge in [0.2, 0.25) is 5.91 Å². The van der Waals surface area contributed by atoms with Crippen molar-refractivity contribution in [2.75, 3.05) is 13.6 Å². The standard InChI is InChI=1S/C17H24N2O2/c1-11-5-6-14(9-12(11)2)17(21)13(3)19(4)10-16(20)18-15-7-8-15/h5-6,9,13,15H,7-8,10H2,1-4H3,(H,18,20). The summed E-state index contributed by atoms with van der Waals surface area (Å²) in [5.41, 5.74) is 3.00. The number of carbonyl (C=O) groups excluding carboxylic acids is 2. The number of benzene rings is 1. The van der Waals surface area contributed by atoms with Crippen molar-refractivity contribution in [3.8, 4) is 0 Å². The molecule has 4 heteroatoms. The lowest BCUT2D eigenvalue weighted by Gasteiger charge is -2.23. The Kier molecular flexibility index (Phi) is 4.78. The zero-order valence-corrected chi connectivity index (χ0v) is 13.3. The smallest absolute Gasteiger partial charge is 0.234 e. The fourth-order valence-corrected chi connectivity index (χ4v) is 2.20. The van der Waals surface area contributed by atoms with E-state index in [2.05, 4.69) is 5.32 Å². The van der Waals surface area contributed by atoms with Gasteiger partial charge >= 0.3 is 0 Å². The second-order valence-corrected chi connectivity index (χ2v) is 6.10. The maximum Gasteiger partial charge on any atom is 0.234 e. The van der Waals surface area contributed by atoms with Gasteiger partial charge in [0.1, 0.15) is 0 Å². The lowest BCUT2D eigenvalue weighted by Crippen LogP contribution is -2.43. The van der Waals surface area contributed by atoms with Crippen molar-refractivity contribution >= 4 is 11.7 Å². The Morgan fingerprint density at radius 2 is 1.95 bits per heavy atom. The van der Waals surface area contributed by atoms with Crippen LogP contribution in [-0.2, 0) is 4.79 Å². The van der Waals surface area contributed by atoms with Crippen LogP contribution in [-0.4, -0.2) is 42.3 Å². The van der Waals surface area contributed by atoms with Crippen LogP contribution in [0.4, 0.5) is 0 Å². The lowest BCUT2D eigenvalue weighted by molar-refractivity contribution is -0.122. The van der Waals surface area contributed by atoms with E-state index in [-0.39, 0.29) is 24.3 Å². The van der Waals surface area contributed by atoms with Gasteiger partial charge in [-0.1, -0.05) is 12.1 Å². The summed E-state index contributed by atoms with van der Waals surface area (Å²) in [7, 11) is 1.82. The molecule has 0 aromatic heterocycles. The number of aryl methyl sites for hydroxylation is 2. The summed E-state index contributed by atoms with van der Waals surface area (Å²) in [6.07, 6.45) is 2.15. The molecule has 1 aliphatic carbocycles. The van der Waals surface area contributed by atoms with Crippen LogP contribution in [0.5, 0.6) is 0 Å². The number of likely N-dealkylation sites (N-methyl/N-ethyl adjacent to an activating group) is 1. The number of hydrogen-bond acceptors (Lipinski definition) is 3. The van der Waals surface area contributed by atoms with Crippen LogP contribution in [0, 0.1) is 13.8 Å². The van der Waals surface area contributed by atoms with Crippen molar-refractivity contribution in [3.63, 3.8) is 0 Å². The minimum atomic E-state index is -0.308. The first-order chi connectivity index (χ1) is 9.88. The Morgan fingerprint density at radius 3 is 2.52 bits per heavy atom. The zero-order chi connectivity index (χ0) is 15.6. The summed E-state index contributed by atoms with van der Waals surface area (Å²) >= 11 is 0.